The SMILES string of the molecule is CC1C(CN)CCC[C@H]1C. The second-order valence-electron chi connectivity index (χ2n) is 3.76. The average molecular weight is 141 g/mol. The molecule has 2 N–H and O–H groups in total. The molecule has 0 saturated heterocycles. The van der Waals surface area contributed by atoms with Gasteiger partial charge in [0.15, 0.2) is 0 Å². The van der Waals surface area contributed by atoms with Gasteiger partial charge in [0.1, 0.15) is 0 Å². The third kappa shape index (κ3) is 1.51. The third-order valence-electron chi connectivity index (χ3n) is 3.18. The molecule has 10 heavy (non-hydrogen) atoms. The lowest BCUT2D eigenvalue weighted by molar-refractivity contribution is 0.188. The fourth-order valence-electron chi connectivity index (χ4n) is 2.02. The van der Waals surface area contributed by atoms with E-state index in [1.165, 1.54) is 19.3 Å². The van der Waals surface area contributed by atoms with Crippen LogP contribution in [0.15, 0.2) is 0 Å². The minimum Gasteiger partial charge on any atom is -0.330 e. The van der Waals surface area contributed by atoms with E-state index in [4.69, 9.17) is 5.73 Å². The van der Waals surface area contributed by atoms with Gasteiger partial charge in [0, 0.05) is 0 Å². The predicted octanol–water partition coefficient (Wildman–Crippen LogP) is 2.02. The summed E-state index contributed by atoms with van der Waals surface area (Å²) >= 11 is 0. The smallest absolute Gasteiger partial charge is 0.00462 e. The molecule has 0 spiro atoms. The highest BCUT2D eigenvalue weighted by Crippen LogP contribution is 2.33. The molecular weight excluding hydrogens is 122 g/mol. The maximum Gasteiger partial charge on any atom is -0.00462 e. The zero-order valence-corrected chi connectivity index (χ0v) is 7.14. The summed E-state index contributed by atoms with van der Waals surface area (Å²) in [6.07, 6.45) is 4.17. The molecule has 0 aromatic rings. The quantitative estimate of drug-likeness (QED) is 0.594. The Kier molecular flexibility index (Phi) is 2.72. The average Bonchev–Trinajstić information content (AvgIpc) is 1.95. The number of nitrogens with two attached hydrogens (primary N) is 1. The van der Waals surface area contributed by atoms with Gasteiger partial charge >= 0.3 is 0 Å². The summed E-state index contributed by atoms with van der Waals surface area (Å²) in [4.78, 5) is 0. The van der Waals surface area contributed by atoms with E-state index in [-0.39, 0.29) is 0 Å². The molecule has 3 atom stereocenters. The van der Waals surface area contributed by atoms with Gasteiger partial charge in [-0.05, 0) is 30.7 Å². The summed E-state index contributed by atoms with van der Waals surface area (Å²) in [5.74, 6) is 2.57. The van der Waals surface area contributed by atoms with Gasteiger partial charge in [-0.15, -0.1) is 0 Å². The highest BCUT2D eigenvalue weighted by Gasteiger charge is 2.25. The second kappa shape index (κ2) is 3.38. The van der Waals surface area contributed by atoms with Crippen molar-refractivity contribution in [1.82, 2.24) is 0 Å². The Bertz CT molecular complexity index is 101. The molecular formula is C9H19N. The van der Waals surface area contributed by atoms with Crippen LogP contribution in [-0.2, 0) is 0 Å². The lowest BCUT2D eigenvalue weighted by Gasteiger charge is -2.33. The second-order valence-corrected chi connectivity index (χ2v) is 3.76. The van der Waals surface area contributed by atoms with Crippen molar-refractivity contribution in [2.75, 3.05) is 6.54 Å². The van der Waals surface area contributed by atoms with Crippen molar-refractivity contribution in [2.45, 2.75) is 33.1 Å². The van der Waals surface area contributed by atoms with Crippen LogP contribution >= 0.6 is 0 Å². The normalized spacial score (nSPS) is 41.7. The molecule has 0 aromatic heterocycles. The molecule has 1 rings (SSSR count). The largest absolute Gasteiger partial charge is 0.330 e. The van der Waals surface area contributed by atoms with Crippen molar-refractivity contribution < 1.29 is 0 Å². The minimum absolute atomic E-state index is 0.809. The van der Waals surface area contributed by atoms with Crippen LogP contribution in [0.5, 0.6) is 0 Å². The van der Waals surface area contributed by atoms with Crippen molar-refractivity contribution in [3.05, 3.63) is 0 Å². The van der Waals surface area contributed by atoms with Crippen molar-refractivity contribution in [1.29, 1.82) is 0 Å². The monoisotopic (exact) mass is 141 g/mol. The zero-order chi connectivity index (χ0) is 7.56. The molecule has 0 heterocycles. The van der Waals surface area contributed by atoms with E-state index in [0.717, 1.165) is 24.3 Å². The topological polar surface area (TPSA) is 26.0 Å². The van der Waals surface area contributed by atoms with Crippen LogP contribution in [-0.4, -0.2) is 6.54 Å². The molecule has 1 nitrogen and oxygen atoms in total. The Balaban J connectivity index is 2.42. The van der Waals surface area contributed by atoms with Crippen LogP contribution in [0.2, 0.25) is 0 Å². The minimum atomic E-state index is 0.809. The Hall–Kier alpha value is -0.0400. The van der Waals surface area contributed by atoms with Gasteiger partial charge in [0.25, 0.3) is 0 Å². The highest BCUT2D eigenvalue weighted by molar-refractivity contribution is 4.77. The fourth-order valence-corrected chi connectivity index (χ4v) is 2.02. The summed E-state index contributed by atoms with van der Waals surface area (Å²) in [5.41, 5.74) is 5.66. The van der Waals surface area contributed by atoms with Crippen LogP contribution in [0.1, 0.15) is 33.1 Å². The lowest BCUT2D eigenvalue weighted by Crippen LogP contribution is -2.29. The maximum absolute atomic E-state index is 5.66. The van der Waals surface area contributed by atoms with E-state index in [1.54, 1.807) is 0 Å². The van der Waals surface area contributed by atoms with E-state index >= 15 is 0 Å². The van der Waals surface area contributed by atoms with E-state index in [9.17, 15) is 0 Å². The first-order valence-electron chi connectivity index (χ1n) is 4.45. The van der Waals surface area contributed by atoms with Gasteiger partial charge in [0.2, 0.25) is 0 Å². The van der Waals surface area contributed by atoms with Gasteiger partial charge in [-0.3, -0.25) is 0 Å². The van der Waals surface area contributed by atoms with E-state index in [2.05, 4.69) is 13.8 Å². The molecule has 0 aliphatic heterocycles. The van der Waals surface area contributed by atoms with Gasteiger partial charge in [-0.2, -0.15) is 0 Å². The van der Waals surface area contributed by atoms with Gasteiger partial charge in [0.05, 0.1) is 0 Å². The molecule has 0 amide bonds. The summed E-state index contributed by atoms with van der Waals surface area (Å²) in [6.45, 7) is 5.60. The molecule has 0 bridgehead atoms. The molecule has 0 aromatic carbocycles. The van der Waals surface area contributed by atoms with Crippen LogP contribution in [0, 0.1) is 17.8 Å². The summed E-state index contributed by atoms with van der Waals surface area (Å²) in [7, 11) is 0. The van der Waals surface area contributed by atoms with Crippen molar-refractivity contribution in [3.8, 4) is 0 Å². The van der Waals surface area contributed by atoms with E-state index in [0.29, 0.717) is 0 Å². The van der Waals surface area contributed by atoms with Crippen LogP contribution < -0.4 is 5.73 Å². The molecule has 1 fully saturated rings. The summed E-state index contributed by atoms with van der Waals surface area (Å²) in [5, 5.41) is 0. The molecule has 1 aliphatic rings. The van der Waals surface area contributed by atoms with Crippen LogP contribution in [0.25, 0.3) is 0 Å². The number of hydrogen-bond acceptors (Lipinski definition) is 1. The molecule has 1 saturated carbocycles. The molecule has 0 radical (unpaired) electrons. The van der Waals surface area contributed by atoms with Gasteiger partial charge < -0.3 is 5.73 Å². The van der Waals surface area contributed by atoms with Crippen LogP contribution in [0.3, 0.4) is 0 Å². The molecule has 2 unspecified atom stereocenters. The first-order chi connectivity index (χ1) is 4.75. The summed E-state index contributed by atoms with van der Waals surface area (Å²) in [6, 6.07) is 0. The first kappa shape index (κ1) is 8.06. The van der Waals surface area contributed by atoms with E-state index < -0.39 is 0 Å². The maximum atomic E-state index is 5.66. The number of hydrogen-bond donors (Lipinski definition) is 1. The standard InChI is InChI=1S/C9H19N/c1-7-4-3-5-9(6-10)8(7)2/h7-9H,3-6,10H2,1-2H3/t7-,8?,9?/m1/s1. The number of rotatable bonds is 1. The van der Waals surface area contributed by atoms with Crippen molar-refractivity contribution in [2.24, 2.45) is 23.5 Å². The fraction of sp³-hybridized carbons (Fsp3) is 1.00. The Morgan fingerprint density at radius 1 is 1.30 bits per heavy atom. The first-order valence-corrected chi connectivity index (χ1v) is 4.45. The van der Waals surface area contributed by atoms with Crippen molar-refractivity contribution in [3.63, 3.8) is 0 Å². The van der Waals surface area contributed by atoms with Crippen LogP contribution in [0.4, 0.5) is 0 Å². The van der Waals surface area contributed by atoms with Crippen molar-refractivity contribution >= 4 is 0 Å². The summed E-state index contributed by atoms with van der Waals surface area (Å²) < 4.78 is 0. The van der Waals surface area contributed by atoms with Gasteiger partial charge in [-0.25, -0.2) is 0 Å². The molecule has 60 valence electrons. The highest BCUT2D eigenvalue weighted by atomic mass is 14.6. The Morgan fingerprint density at radius 3 is 2.50 bits per heavy atom. The molecule has 1 aliphatic carbocycles. The predicted molar refractivity (Wildman–Crippen MR) is 44.7 cm³/mol. The zero-order valence-electron chi connectivity index (χ0n) is 7.14. The third-order valence-corrected chi connectivity index (χ3v) is 3.18. The Morgan fingerprint density at radius 2 is 2.00 bits per heavy atom. The van der Waals surface area contributed by atoms with E-state index in [1.807, 2.05) is 0 Å². The lowest BCUT2D eigenvalue weighted by atomic mass is 9.74. The Labute approximate surface area is 64.0 Å². The van der Waals surface area contributed by atoms with Gasteiger partial charge in [-0.1, -0.05) is 26.7 Å². The molecule has 1 heteroatoms.